The number of hydrogen-bond donors (Lipinski definition) is 6. The molecule has 0 unspecified atom stereocenters. The Morgan fingerprint density at radius 1 is 0.757 bits per heavy atom. The van der Waals surface area contributed by atoms with Crippen LogP contribution in [0.3, 0.4) is 0 Å². The molecule has 0 saturated carbocycles. The molecule has 0 saturated heterocycles. The first-order valence-corrected chi connectivity index (χ1v) is 11.8. The van der Waals surface area contributed by atoms with Crippen LogP contribution >= 0.6 is 23.8 Å². The zero-order valence-electron chi connectivity index (χ0n) is 18.8. The summed E-state index contributed by atoms with van der Waals surface area (Å²) < 4.78 is 19.4. The van der Waals surface area contributed by atoms with Gasteiger partial charge in [0.1, 0.15) is 11.6 Å². The number of aromatic amines is 6. The fourth-order valence-corrected chi connectivity index (χ4v) is 5.03. The quantitative estimate of drug-likeness (QED) is 0.131. The summed E-state index contributed by atoms with van der Waals surface area (Å²) in [5.41, 5.74) is -0.570. The van der Waals surface area contributed by atoms with Crippen molar-refractivity contribution in [2.45, 2.75) is 43.4 Å². The lowest BCUT2D eigenvalue weighted by Gasteiger charge is -2.33. The Labute approximate surface area is 211 Å². The summed E-state index contributed by atoms with van der Waals surface area (Å²) in [6.45, 7) is 3.43. The average Bonchev–Trinajstić information content (AvgIpc) is 3.67. The molecule has 37 heavy (non-hydrogen) atoms. The lowest BCUT2D eigenvalue weighted by atomic mass is 9.69. The molecule has 0 radical (unpaired) electrons. The van der Waals surface area contributed by atoms with Gasteiger partial charge in [-0.25, -0.2) is 24.6 Å². The normalized spacial score (nSPS) is 15.8. The molecule has 20 heteroatoms. The summed E-state index contributed by atoms with van der Waals surface area (Å²) in [5.74, 6) is -5.21. The maximum absolute atomic E-state index is 12.1. The average molecular weight is 552 g/mol. The molecule has 0 amide bonds. The molecule has 5 heterocycles. The molecule has 0 bridgehead atoms. The van der Waals surface area contributed by atoms with E-state index in [2.05, 4.69) is 55.0 Å². The van der Waals surface area contributed by atoms with Gasteiger partial charge < -0.3 is 8.94 Å². The Bertz CT molecular complexity index is 1680. The number of H-pyrrole nitrogens is 6. The van der Waals surface area contributed by atoms with Crippen LogP contribution in [0.1, 0.15) is 72.6 Å². The second-order valence-electron chi connectivity index (χ2n) is 8.11. The highest BCUT2D eigenvalue weighted by Crippen LogP contribution is 2.51. The van der Waals surface area contributed by atoms with Gasteiger partial charge in [-0.2, -0.15) is 9.47 Å². The zero-order valence-corrected chi connectivity index (χ0v) is 20.4. The maximum Gasteiger partial charge on any atom is 0.438 e. The summed E-state index contributed by atoms with van der Waals surface area (Å²) in [6.07, 6.45) is 0. The Morgan fingerprint density at radius 3 is 2.05 bits per heavy atom. The van der Waals surface area contributed by atoms with Crippen LogP contribution in [-0.4, -0.2) is 55.0 Å². The van der Waals surface area contributed by atoms with E-state index in [0.717, 1.165) is 0 Å². The van der Waals surface area contributed by atoms with Crippen molar-refractivity contribution >= 4 is 23.8 Å². The fourth-order valence-electron chi connectivity index (χ4n) is 4.39. The molecule has 5 rings (SSSR count). The van der Waals surface area contributed by atoms with Crippen LogP contribution in [0, 0.1) is 4.84 Å². The van der Waals surface area contributed by atoms with E-state index in [1.165, 1.54) is 0 Å². The van der Waals surface area contributed by atoms with Gasteiger partial charge in [-0.15, -0.1) is 5.10 Å². The number of rotatable bonds is 9. The summed E-state index contributed by atoms with van der Waals surface area (Å²) >= 11 is 5.70. The van der Waals surface area contributed by atoms with Crippen molar-refractivity contribution in [1.82, 2.24) is 55.0 Å². The Hall–Kier alpha value is -4.46. The monoisotopic (exact) mass is 551 g/mol. The van der Waals surface area contributed by atoms with E-state index in [9.17, 15) is 19.2 Å². The summed E-state index contributed by atoms with van der Waals surface area (Å²) in [6, 6.07) is 0. The third-order valence-electron chi connectivity index (χ3n) is 5.98. The standard InChI is InChI=1S/C17H17N11O7S2/c1-3(9-21-17(36)35-26-9)5(11-20-16(32)37-28-11)7(10-19-14(30)34-27-10)6(12-23-25-15(31)33-12)4(2)8-18-13(29)24-22-8/h3-7H,1-2H3,(H,25,31)(H,19,27,30)(H,20,28,32)(H,21,26,36)(H2,18,22,24,29)/t3-,4+,5-,6+,7-/m1/s1. The van der Waals surface area contributed by atoms with Crippen LogP contribution in [0.25, 0.3) is 0 Å². The summed E-state index contributed by atoms with van der Waals surface area (Å²) in [5, 5.41) is 20.4. The largest absolute Gasteiger partial charge is 0.438 e. The van der Waals surface area contributed by atoms with E-state index in [4.69, 9.17) is 25.7 Å². The molecule has 6 N–H and O–H groups in total. The predicted molar refractivity (Wildman–Crippen MR) is 123 cm³/mol. The number of nitrogens with zero attached hydrogens (tertiary/aromatic N) is 5. The van der Waals surface area contributed by atoms with Gasteiger partial charge in [0.2, 0.25) is 5.89 Å². The molecule has 0 fully saturated rings. The van der Waals surface area contributed by atoms with Crippen molar-refractivity contribution in [3.05, 3.63) is 75.3 Å². The summed E-state index contributed by atoms with van der Waals surface area (Å²) in [7, 11) is 0. The van der Waals surface area contributed by atoms with E-state index >= 15 is 0 Å². The van der Waals surface area contributed by atoms with Crippen molar-refractivity contribution in [3.8, 4) is 0 Å². The maximum atomic E-state index is 12.1. The van der Waals surface area contributed by atoms with Crippen LogP contribution in [0.5, 0.6) is 0 Å². The molecular weight excluding hydrogens is 534 g/mol. The van der Waals surface area contributed by atoms with Gasteiger partial charge in [-0.1, -0.05) is 24.2 Å². The highest BCUT2D eigenvalue weighted by atomic mass is 32.1. The Balaban J connectivity index is 1.77. The first-order chi connectivity index (χ1) is 17.7. The highest BCUT2D eigenvalue weighted by Gasteiger charge is 2.47. The van der Waals surface area contributed by atoms with Gasteiger partial charge >= 0.3 is 22.1 Å². The van der Waals surface area contributed by atoms with Crippen molar-refractivity contribution in [3.63, 3.8) is 0 Å². The van der Waals surface area contributed by atoms with Crippen LogP contribution in [0.4, 0.5) is 0 Å². The van der Waals surface area contributed by atoms with Crippen molar-refractivity contribution in [2.24, 2.45) is 0 Å². The molecule has 0 aliphatic heterocycles. The minimum atomic E-state index is -0.973. The van der Waals surface area contributed by atoms with E-state index in [1.54, 1.807) is 13.8 Å². The van der Waals surface area contributed by atoms with Crippen LogP contribution < -0.4 is 22.1 Å². The zero-order chi connectivity index (χ0) is 26.3. The highest BCUT2D eigenvalue weighted by molar-refractivity contribution is 7.71. The van der Waals surface area contributed by atoms with E-state index in [1.807, 2.05) is 0 Å². The smallest absolute Gasteiger partial charge is 0.392 e. The second kappa shape index (κ2) is 9.54. The molecule has 5 aromatic heterocycles. The lowest BCUT2D eigenvalue weighted by molar-refractivity contribution is 0.283. The van der Waals surface area contributed by atoms with Gasteiger partial charge in [0.25, 0.3) is 4.84 Å². The van der Waals surface area contributed by atoms with Crippen LogP contribution in [-0.2, 0) is 0 Å². The fraction of sp³-hybridized carbons (Fsp3) is 0.412. The van der Waals surface area contributed by atoms with Gasteiger partial charge in [0.05, 0.1) is 5.92 Å². The SMILES string of the molecule is C[C@H](c1n[nH]c(=O)[nH]1)[C@H](c1n[nH]c(=O)o1)[C@H](c1noc(=O)[nH]1)[C@H](c1nsc(=O)[nH]1)[C@@H](C)c1noc(=S)[nH]1. The van der Waals surface area contributed by atoms with Gasteiger partial charge in [-0.05, 0) is 12.2 Å². The Morgan fingerprint density at radius 2 is 1.51 bits per heavy atom. The predicted octanol–water partition coefficient (Wildman–Crippen LogP) is -0.100. The summed E-state index contributed by atoms with van der Waals surface area (Å²) in [4.78, 5) is 58.2. The molecule has 18 nitrogen and oxygen atoms in total. The van der Waals surface area contributed by atoms with E-state index in [-0.39, 0.29) is 28.2 Å². The molecule has 0 aliphatic carbocycles. The second-order valence-corrected chi connectivity index (χ2v) is 9.22. The molecular formula is C17H17N11O7S2. The van der Waals surface area contributed by atoms with Crippen molar-refractivity contribution in [1.29, 1.82) is 0 Å². The first kappa shape index (κ1) is 24.2. The molecule has 0 aromatic carbocycles. The van der Waals surface area contributed by atoms with Crippen LogP contribution in [0.2, 0.25) is 0 Å². The lowest BCUT2D eigenvalue weighted by Crippen LogP contribution is -2.30. The van der Waals surface area contributed by atoms with E-state index < -0.39 is 51.7 Å². The minimum absolute atomic E-state index is 0.0103. The number of nitrogens with one attached hydrogen (secondary N) is 6. The van der Waals surface area contributed by atoms with Gasteiger partial charge in [0, 0.05) is 35.2 Å². The third kappa shape index (κ3) is 4.70. The van der Waals surface area contributed by atoms with E-state index in [0.29, 0.717) is 17.4 Å². The third-order valence-corrected chi connectivity index (χ3v) is 6.71. The van der Waals surface area contributed by atoms with Gasteiger partial charge in [0.15, 0.2) is 11.6 Å². The van der Waals surface area contributed by atoms with Gasteiger partial charge in [-0.3, -0.25) is 29.3 Å². The first-order valence-electron chi connectivity index (χ1n) is 10.6. The topological polar surface area (TPSA) is 267 Å². The van der Waals surface area contributed by atoms with Crippen molar-refractivity contribution in [2.75, 3.05) is 0 Å². The number of aromatic nitrogens is 11. The molecule has 5 aromatic rings. The van der Waals surface area contributed by atoms with Crippen molar-refractivity contribution < 1.29 is 13.5 Å². The minimum Gasteiger partial charge on any atom is -0.392 e. The molecule has 0 aliphatic rings. The molecule has 5 atom stereocenters. The molecule has 0 spiro atoms. The Kier molecular flexibility index (Phi) is 6.25. The number of hydrogen-bond acceptors (Lipinski definition) is 14. The molecule has 194 valence electrons. The van der Waals surface area contributed by atoms with Crippen LogP contribution in [0.15, 0.2) is 32.6 Å².